The fraction of sp³-hybridized carbons (Fsp3) is 0.474. The first-order chi connectivity index (χ1) is 11.8. The maximum absolute atomic E-state index is 12.3. The van der Waals surface area contributed by atoms with E-state index in [1.807, 2.05) is 39.1 Å². The van der Waals surface area contributed by atoms with Crippen LogP contribution in [0.15, 0.2) is 30.3 Å². The highest BCUT2D eigenvalue weighted by Crippen LogP contribution is 2.20. The molecule has 0 saturated heterocycles. The first-order valence-corrected chi connectivity index (χ1v) is 8.54. The number of aryl methyl sites for hydroxylation is 1. The molecule has 1 aromatic heterocycles. The third-order valence-corrected chi connectivity index (χ3v) is 3.81. The molecule has 136 valence electrons. The lowest BCUT2D eigenvalue weighted by Gasteiger charge is -2.14. The lowest BCUT2D eigenvalue weighted by molar-refractivity contribution is 0.0910. The van der Waals surface area contributed by atoms with Crippen LogP contribution in [-0.4, -0.2) is 33.4 Å². The predicted octanol–water partition coefficient (Wildman–Crippen LogP) is 2.79. The minimum Gasteiger partial charge on any atom is -0.491 e. The summed E-state index contributed by atoms with van der Waals surface area (Å²) in [5, 5.41) is 17.3. The number of amides is 1. The van der Waals surface area contributed by atoms with E-state index in [0.29, 0.717) is 17.0 Å². The first-order valence-electron chi connectivity index (χ1n) is 8.54. The summed E-state index contributed by atoms with van der Waals surface area (Å²) >= 11 is 0. The van der Waals surface area contributed by atoms with Gasteiger partial charge in [0.1, 0.15) is 11.4 Å². The Kier molecular flexibility index (Phi) is 6.20. The number of rotatable bonds is 7. The maximum atomic E-state index is 12.3. The van der Waals surface area contributed by atoms with Gasteiger partial charge in [0.05, 0.1) is 12.2 Å². The van der Waals surface area contributed by atoms with Crippen molar-refractivity contribution in [2.75, 3.05) is 6.54 Å². The molecule has 1 aromatic carbocycles. The van der Waals surface area contributed by atoms with Crippen LogP contribution >= 0.6 is 0 Å². The average Bonchev–Trinajstić information content (AvgIpc) is 2.94. The van der Waals surface area contributed by atoms with Crippen LogP contribution in [-0.2, 0) is 7.05 Å². The number of aromatic nitrogens is 2. The van der Waals surface area contributed by atoms with Crippen LogP contribution in [0.5, 0.6) is 5.75 Å². The van der Waals surface area contributed by atoms with Crippen molar-refractivity contribution >= 4 is 5.91 Å². The number of aliphatic hydroxyl groups is 1. The van der Waals surface area contributed by atoms with E-state index >= 15 is 0 Å². The van der Waals surface area contributed by atoms with E-state index in [9.17, 15) is 9.90 Å². The Morgan fingerprint density at radius 2 is 2.00 bits per heavy atom. The molecule has 0 aliphatic heterocycles. The largest absolute Gasteiger partial charge is 0.491 e. The lowest BCUT2D eigenvalue weighted by Crippen LogP contribution is -2.28. The predicted molar refractivity (Wildman–Crippen MR) is 96.8 cm³/mol. The monoisotopic (exact) mass is 345 g/mol. The topological polar surface area (TPSA) is 76.4 Å². The normalized spacial score (nSPS) is 12.5. The smallest absolute Gasteiger partial charge is 0.271 e. The number of aliphatic hydroxyl groups excluding tert-OH is 1. The Morgan fingerprint density at radius 1 is 1.28 bits per heavy atom. The minimum absolute atomic E-state index is 0.0615. The number of benzene rings is 1. The van der Waals surface area contributed by atoms with Crippen molar-refractivity contribution in [3.8, 4) is 5.75 Å². The number of ether oxygens (including phenoxy) is 1. The molecule has 6 nitrogen and oxygen atoms in total. The minimum atomic E-state index is -0.812. The van der Waals surface area contributed by atoms with Crippen molar-refractivity contribution in [2.24, 2.45) is 7.05 Å². The zero-order valence-corrected chi connectivity index (χ0v) is 15.5. The average molecular weight is 345 g/mol. The molecule has 6 heteroatoms. The fourth-order valence-corrected chi connectivity index (χ4v) is 2.60. The van der Waals surface area contributed by atoms with Crippen LogP contribution in [0, 0.1) is 0 Å². The van der Waals surface area contributed by atoms with Crippen LogP contribution in [0.25, 0.3) is 0 Å². The van der Waals surface area contributed by atoms with Gasteiger partial charge in [0, 0.05) is 19.3 Å². The second-order valence-corrected chi connectivity index (χ2v) is 6.70. The molecule has 2 N–H and O–H groups in total. The molecule has 1 amide bonds. The number of hydrogen-bond acceptors (Lipinski definition) is 4. The van der Waals surface area contributed by atoms with E-state index in [-0.39, 0.29) is 24.5 Å². The van der Waals surface area contributed by atoms with Gasteiger partial charge in [-0.05, 0) is 43.5 Å². The number of hydrogen-bond donors (Lipinski definition) is 2. The zero-order valence-electron chi connectivity index (χ0n) is 15.5. The van der Waals surface area contributed by atoms with Crippen molar-refractivity contribution in [2.45, 2.75) is 45.8 Å². The highest BCUT2D eigenvalue weighted by Gasteiger charge is 2.16. The molecule has 0 bridgehead atoms. The van der Waals surface area contributed by atoms with E-state index in [4.69, 9.17) is 4.74 Å². The third-order valence-electron chi connectivity index (χ3n) is 3.81. The molecule has 0 radical (unpaired) electrons. The van der Waals surface area contributed by atoms with Crippen LogP contribution in [0.3, 0.4) is 0 Å². The van der Waals surface area contributed by atoms with E-state index in [1.165, 1.54) is 0 Å². The second kappa shape index (κ2) is 8.16. The molecule has 0 saturated carbocycles. The maximum Gasteiger partial charge on any atom is 0.271 e. The van der Waals surface area contributed by atoms with Crippen LogP contribution in [0.4, 0.5) is 0 Å². The SMILES string of the molecule is CC(C)Oc1cccc(C(O)CNC(=O)c2cc(C(C)C)n(C)n2)c1. The van der Waals surface area contributed by atoms with Gasteiger partial charge >= 0.3 is 0 Å². The van der Waals surface area contributed by atoms with Gasteiger partial charge in [-0.15, -0.1) is 0 Å². The van der Waals surface area contributed by atoms with Gasteiger partial charge in [-0.1, -0.05) is 26.0 Å². The van der Waals surface area contributed by atoms with E-state index in [2.05, 4.69) is 24.3 Å². The van der Waals surface area contributed by atoms with Crippen LogP contribution < -0.4 is 10.1 Å². The van der Waals surface area contributed by atoms with Crippen molar-refractivity contribution in [3.63, 3.8) is 0 Å². The Hall–Kier alpha value is -2.34. The number of carbonyl (C=O) groups is 1. The summed E-state index contributed by atoms with van der Waals surface area (Å²) in [7, 11) is 1.82. The quantitative estimate of drug-likeness (QED) is 0.809. The van der Waals surface area contributed by atoms with Gasteiger partial charge in [-0.3, -0.25) is 9.48 Å². The molecule has 0 aliphatic rings. The molecular weight excluding hydrogens is 318 g/mol. The summed E-state index contributed by atoms with van der Waals surface area (Å²) in [6.45, 7) is 8.10. The van der Waals surface area contributed by atoms with Crippen molar-refractivity contribution < 1.29 is 14.6 Å². The van der Waals surface area contributed by atoms with Gasteiger partial charge in [0.25, 0.3) is 5.91 Å². The molecule has 2 aromatic rings. The van der Waals surface area contributed by atoms with Gasteiger partial charge in [-0.2, -0.15) is 5.10 Å². The molecule has 1 atom stereocenters. The molecule has 0 spiro atoms. The Balaban J connectivity index is 1.98. The third kappa shape index (κ3) is 5.06. The van der Waals surface area contributed by atoms with Gasteiger partial charge < -0.3 is 15.2 Å². The Bertz CT molecular complexity index is 722. The summed E-state index contributed by atoms with van der Waals surface area (Å²) < 4.78 is 7.34. The van der Waals surface area contributed by atoms with E-state index in [1.54, 1.807) is 16.8 Å². The second-order valence-electron chi connectivity index (χ2n) is 6.70. The van der Waals surface area contributed by atoms with Crippen molar-refractivity contribution in [3.05, 3.63) is 47.3 Å². The highest BCUT2D eigenvalue weighted by atomic mass is 16.5. The van der Waals surface area contributed by atoms with Gasteiger partial charge in [-0.25, -0.2) is 0 Å². The Labute approximate surface area is 148 Å². The van der Waals surface area contributed by atoms with E-state index in [0.717, 1.165) is 5.69 Å². The summed E-state index contributed by atoms with van der Waals surface area (Å²) in [5.74, 6) is 0.689. The lowest BCUT2D eigenvalue weighted by atomic mass is 10.1. The van der Waals surface area contributed by atoms with Crippen LogP contribution in [0.1, 0.15) is 61.5 Å². The summed E-state index contributed by atoms with van der Waals surface area (Å²) in [4.78, 5) is 12.3. The van der Waals surface area contributed by atoms with Gasteiger partial charge in [0.15, 0.2) is 0 Å². The zero-order chi connectivity index (χ0) is 18.6. The number of carbonyl (C=O) groups excluding carboxylic acids is 1. The number of nitrogens with one attached hydrogen (secondary N) is 1. The van der Waals surface area contributed by atoms with Crippen molar-refractivity contribution in [1.82, 2.24) is 15.1 Å². The van der Waals surface area contributed by atoms with Gasteiger partial charge in [0.2, 0.25) is 0 Å². The molecule has 2 rings (SSSR count). The summed E-state index contributed by atoms with van der Waals surface area (Å²) in [6.07, 6.45) is -0.751. The molecule has 1 heterocycles. The van der Waals surface area contributed by atoms with E-state index < -0.39 is 6.10 Å². The fourth-order valence-electron chi connectivity index (χ4n) is 2.60. The number of nitrogens with zero attached hydrogens (tertiary/aromatic N) is 2. The highest BCUT2D eigenvalue weighted by molar-refractivity contribution is 5.92. The van der Waals surface area contributed by atoms with Crippen LogP contribution in [0.2, 0.25) is 0 Å². The standard InChI is InChI=1S/C19H27N3O3/c1-12(2)17-10-16(21-22(17)5)19(24)20-11-18(23)14-7-6-8-15(9-14)25-13(3)4/h6-10,12-13,18,23H,11H2,1-5H3,(H,20,24). The van der Waals surface area contributed by atoms with Crippen molar-refractivity contribution in [1.29, 1.82) is 0 Å². The molecule has 25 heavy (non-hydrogen) atoms. The summed E-state index contributed by atoms with van der Waals surface area (Å²) in [6, 6.07) is 9.04. The Morgan fingerprint density at radius 3 is 2.60 bits per heavy atom. The summed E-state index contributed by atoms with van der Waals surface area (Å²) in [5.41, 5.74) is 2.04. The molecule has 0 fully saturated rings. The molecule has 0 aliphatic carbocycles. The molecule has 1 unspecified atom stereocenters. The molecular formula is C19H27N3O3. The first kappa shape index (κ1) is 19.0.